The molecule has 3 rings (SSSR count). The van der Waals surface area contributed by atoms with Crippen molar-refractivity contribution >= 4 is 11.7 Å². The third-order valence-electron chi connectivity index (χ3n) is 6.09. The molecule has 5 nitrogen and oxygen atoms in total. The Labute approximate surface area is 124 Å². The molecule has 0 aliphatic heterocycles. The lowest BCUT2D eigenvalue weighted by molar-refractivity contribution is 0.0278. The molecular weight excluding hydrogens is 268 g/mol. The zero-order valence-corrected chi connectivity index (χ0v) is 12.7. The fourth-order valence-corrected chi connectivity index (χ4v) is 4.13. The molecule has 2 aliphatic carbocycles. The third kappa shape index (κ3) is 1.90. The first-order valence-corrected chi connectivity index (χ1v) is 7.41. The smallest absolute Gasteiger partial charge is 0.337 e. The molecule has 2 fully saturated rings. The van der Waals surface area contributed by atoms with Crippen molar-refractivity contribution in [2.45, 2.75) is 46.1 Å². The summed E-state index contributed by atoms with van der Waals surface area (Å²) in [6.45, 7) is 6.92. The number of ether oxygens (including phenoxy) is 1. The van der Waals surface area contributed by atoms with Gasteiger partial charge >= 0.3 is 5.97 Å². The lowest BCUT2D eigenvalue weighted by atomic mass is 9.70. The van der Waals surface area contributed by atoms with Gasteiger partial charge < -0.3 is 15.6 Å². The van der Waals surface area contributed by atoms with Gasteiger partial charge in [0, 0.05) is 11.6 Å². The fourth-order valence-electron chi connectivity index (χ4n) is 4.13. The second-order valence-corrected chi connectivity index (χ2v) is 7.14. The molecule has 3 unspecified atom stereocenters. The molecule has 0 amide bonds. The van der Waals surface area contributed by atoms with Crippen LogP contribution in [-0.4, -0.2) is 22.2 Å². The molecule has 114 valence electrons. The number of fused-ring (bicyclic) bond motifs is 2. The number of pyridine rings is 1. The van der Waals surface area contributed by atoms with E-state index >= 15 is 0 Å². The normalized spacial score (nSPS) is 33.1. The average molecular weight is 290 g/mol. The molecule has 1 aromatic heterocycles. The molecule has 1 aromatic rings. The summed E-state index contributed by atoms with van der Waals surface area (Å²) in [6.07, 6.45) is 4.82. The Bertz CT molecular complexity index is 599. The molecule has 3 atom stereocenters. The molecule has 5 heteroatoms. The highest BCUT2D eigenvalue weighted by atomic mass is 16.5. The predicted molar refractivity (Wildman–Crippen MR) is 79.3 cm³/mol. The number of carboxylic acid groups (broad SMARTS) is 1. The minimum atomic E-state index is -1.03. The number of aromatic nitrogens is 1. The highest BCUT2D eigenvalue weighted by Gasteiger charge is 2.62. The van der Waals surface area contributed by atoms with Crippen LogP contribution in [-0.2, 0) is 0 Å². The Balaban J connectivity index is 1.84. The Morgan fingerprint density at radius 2 is 2.19 bits per heavy atom. The van der Waals surface area contributed by atoms with Crippen LogP contribution in [0.3, 0.4) is 0 Å². The Morgan fingerprint density at radius 3 is 2.67 bits per heavy atom. The zero-order chi connectivity index (χ0) is 15.4. The van der Waals surface area contributed by atoms with Gasteiger partial charge in [-0.3, -0.25) is 0 Å². The number of carbonyl (C=O) groups is 1. The molecular formula is C16H22N2O3. The number of anilines is 1. The van der Waals surface area contributed by atoms with Crippen LogP contribution in [0.5, 0.6) is 5.88 Å². The van der Waals surface area contributed by atoms with E-state index in [1.165, 1.54) is 18.7 Å². The second-order valence-electron chi connectivity index (χ2n) is 7.14. The standard InChI is InChI=1S/C16H22N2O3/c1-15(2)10-4-5-16(15,3)12(7-10)21-13-11(17)6-9(8-18-13)14(19)20/h6,8,10,12H,4-5,7,17H2,1-3H3,(H,19,20). The van der Waals surface area contributed by atoms with Crippen LogP contribution in [0, 0.1) is 16.7 Å². The SMILES string of the molecule is CC1(C)C2CCC1(C)C(Oc1ncc(C(=O)O)cc1N)C2. The molecule has 2 saturated carbocycles. The van der Waals surface area contributed by atoms with Gasteiger partial charge in [0.2, 0.25) is 5.88 Å². The van der Waals surface area contributed by atoms with Crippen LogP contribution < -0.4 is 10.5 Å². The molecule has 0 radical (unpaired) electrons. The maximum absolute atomic E-state index is 10.9. The monoisotopic (exact) mass is 290 g/mol. The molecule has 2 aliphatic rings. The van der Waals surface area contributed by atoms with Crippen LogP contribution in [0.2, 0.25) is 0 Å². The van der Waals surface area contributed by atoms with Crippen molar-refractivity contribution in [3.63, 3.8) is 0 Å². The number of carboxylic acids is 1. The largest absolute Gasteiger partial charge is 0.478 e. The quantitative estimate of drug-likeness (QED) is 0.894. The van der Waals surface area contributed by atoms with Gasteiger partial charge in [0.05, 0.1) is 11.3 Å². The van der Waals surface area contributed by atoms with E-state index in [2.05, 4.69) is 25.8 Å². The summed E-state index contributed by atoms with van der Waals surface area (Å²) in [7, 11) is 0. The minimum Gasteiger partial charge on any atom is -0.478 e. The number of nitrogen functional groups attached to an aromatic ring is 1. The van der Waals surface area contributed by atoms with Crippen molar-refractivity contribution in [2.24, 2.45) is 16.7 Å². The van der Waals surface area contributed by atoms with Crippen LogP contribution in [0.1, 0.15) is 50.4 Å². The molecule has 0 aromatic carbocycles. The summed E-state index contributed by atoms with van der Waals surface area (Å²) in [4.78, 5) is 15.0. The molecule has 21 heavy (non-hydrogen) atoms. The highest BCUT2D eigenvalue weighted by Crippen LogP contribution is 2.66. The maximum Gasteiger partial charge on any atom is 0.337 e. The summed E-state index contributed by atoms with van der Waals surface area (Å²) < 4.78 is 6.08. The number of hydrogen-bond acceptors (Lipinski definition) is 4. The van der Waals surface area contributed by atoms with Gasteiger partial charge in [-0.15, -0.1) is 0 Å². The first-order valence-electron chi connectivity index (χ1n) is 7.41. The van der Waals surface area contributed by atoms with Crippen molar-refractivity contribution in [3.8, 4) is 5.88 Å². The summed E-state index contributed by atoms with van der Waals surface area (Å²) in [5, 5.41) is 8.94. The average Bonchev–Trinajstić information content (AvgIpc) is 2.74. The van der Waals surface area contributed by atoms with Crippen molar-refractivity contribution in [2.75, 3.05) is 5.73 Å². The van der Waals surface area contributed by atoms with Crippen molar-refractivity contribution < 1.29 is 14.6 Å². The van der Waals surface area contributed by atoms with Gasteiger partial charge in [0.1, 0.15) is 6.10 Å². The van der Waals surface area contributed by atoms with Gasteiger partial charge in [-0.1, -0.05) is 20.8 Å². The maximum atomic E-state index is 10.9. The van der Waals surface area contributed by atoms with E-state index in [-0.39, 0.29) is 22.5 Å². The predicted octanol–water partition coefficient (Wildman–Crippen LogP) is 2.96. The minimum absolute atomic E-state index is 0.0827. The Hall–Kier alpha value is -1.78. The molecule has 0 saturated heterocycles. The fraction of sp³-hybridized carbons (Fsp3) is 0.625. The number of nitrogens with two attached hydrogens (primary N) is 1. The van der Waals surface area contributed by atoms with E-state index in [1.54, 1.807) is 0 Å². The third-order valence-corrected chi connectivity index (χ3v) is 6.09. The number of aromatic carboxylic acids is 1. The van der Waals surface area contributed by atoms with Gasteiger partial charge in [-0.2, -0.15) is 0 Å². The molecule has 0 spiro atoms. The summed E-state index contributed by atoms with van der Waals surface area (Å²) in [5.74, 6) is -0.00430. The van der Waals surface area contributed by atoms with E-state index in [1.807, 2.05) is 0 Å². The van der Waals surface area contributed by atoms with Crippen LogP contribution >= 0.6 is 0 Å². The van der Waals surface area contributed by atoms with Crippen LogP contribution in [0.25, 0.3) is 0 Å². The van der Waals surface area contributed by atoms with Gasteiger partial charge in [-0.05, 0) is 36.7 Å². The second kappa shape index (κ2) is 4.36. The summed E-state index contributed by atoms with van der Waals surface area (Å²) >= 11 is 0. The van der Waals surface area contributed by atoms with E-state index < -0.39 is 5.97 Å². The number of rotatable bonds is 3. The topological polar surface area (TPSA) is 85.4 Å². The molecule has 3 N–H and O–H groups in total. The first-order chi connectivity index (χ1) is 9.75. The Kier molecular flexibility index (Phi) is 2.94. The van der Waals surface area contributed by atoms with Gasteiger partial charge in [0.15, 0.2) is 0 Å². The number of nitrogens with zero attached hydrogens (tertiary/aromatic N) is 1. The molecule has 2 bridgehead atoms. The summed E-state index contributed by atoms with van der Waals surface area (Å²) in [6, 6.07) is 1.41. The zero-order valence-electron chi connectivity index (χ0n) is 12.7. The van der Waals surface area contributed by atoms with Crippen molar-refractivity contribution in [1.29, 1.82) is 0 Å². The summed E-state index contributed by atoms with van der Waals surface area (Å²) in [5.41, 5.74) is 6.65. The molecule has 1 heterocycles. The van der Waals surface area contributed by atoms with E-state index in [9.17, 15) is 4.79 Å². The lowest BCUT2D eigenvalue weighted by Gasteiger charge is -2.38. The van der Waals surface area contributed by atoms with Crippen LogP contribution in [0.15, 0.2) is 12.3 Å². The Morgan fingerprint density at radius 1 is 1.48 bits per heavy atom. The van der Waals surface area contributed by atoms with Crippen molar-refractivity contribution in [1.82, 2.24) is 4.98 Å². The van der Waals surface area contributed by atoms with Gasteiger partial charge in [0.25, 0.3) is 0 Å². The van der Waals surface area contributed by atoms with E-state index in [0.717, 1.165) is 12.8 Å². The van der Waals surface area contributed by atoms with E-state index in [4.69, 9.17) is 15.6 Å². The van der Waals surface area contributed by atoms with Gasteiger partial charge in [-0.25, -0.2) is 9.78 Å². The van der Waals surface area contributed by atoms with Crippen molar-refractivity contribution in [3.05, 3.63) is 17.8 Å². The first kappa shape index (κ1) is 14.2. The van der Waals surface area contributed by atoms with E-state index in [0.29, 0.717) is 17.5 Å². The number of hydrogen-bond donors (Lipinski definition) is 2. The van der Waals surface area contributed by atoms with Crippen LogP contribution in [0.4, 0.5) is 5.69 Å². The lowest BCUT2D eigenvalue weighted by Crippen LogP contribution is -2.39. The highest BCUT2D eigenvalue weighted by molar-refractivity contribution is 5.88.